The number of carbonyl (C=O) groups is 1. The molecular formula is C19H20F2N2O5. The first-order valence-electron chi connectivity index (χ1n) is 8.15. The first kappa shape index (κ1) is 20.9. The van der Waals surface area contributed by atoms with Gasteiger partial charge >= 0.3 is 6.61 Å². The summed E-state index contributed by atoms with van der Waals surface area (Å²) in [4.78, 5) is 16.9. The lowest BCUT2D eigenvalue weighted by atomic mass is 10.2. The van der Waals surface area contributed by atoms with Crippen LogP contribution >= 0.6 is 0 Å². The first-order chi connectivity index (χ1) is 13.4. The van der Waals surface area contributed by atoms with Crippen LogP contribution in [0.2, 0.25) is 0 Å². The number of nitrogens with zero attached hydrogens (tertiary/aromatic N) is 1. The quantitative estimate of drug-likeness (QED) is 0.519. The molecule has 28 heavy (non-hydrogen) atoms. The zero-order chi connectivity index (χ0) is 20.5. The van der Waals surface area contributed by atoms with Crippen LogP contribution in [0.25, 0.3) is 0 Å². The summed E-state index contributed by atoms with van der Waals surface area (Å²) in [7, 11) is 2.84. The van der Waals surface area contributed by atoms with Gasteiger partial charge in [-0.25, -0.2) is 0 Å². The largest absolute Gasteiger partial charge is 0.495 e. The molecule has 0 aliphatic rings. The fourth-order valence-electron chi connectivity index (χ4n) is 2.26. The number of hydrogen-bond acceptors (Lipinski definition) is 6. The van der Waals surface area contributed by atoms with E-state index in [1.165, 1.54) is 38.6 Å². The molecule has 0 aromatic heterocycles. The van der Waals surface area contributed by atoms with Gasteiger partial charge in [0, 0.05) is 5.56 Å². The SMILES string of the molecule is COc1ccc(C)cc1NC(=O)CO/N=C\c1ccc(OC(F)F)c(OC)c1. The summed E-state index contributed by atoms with van der Waals surface area (Å²) in [5, 5.41) is 6.36. The molecule has 0 spiro atoms. The maximum absolute atomic E-state index is 12.3. The van der Waals surface area contributed by atoms with E-state index >= 15 is 0 Å². The predicted octanol–water partition coefficient (Wildman–Crippen LogP) is 3.60. The highest BCUT2D eigenvalue weighted by atomic mass is 19.3. The number of benzene rings is 2. The molecule has 0 saturated heterocycles. The standard InChI is InChI=1S/C19H20F2N2O5/c1-12-4-6-15(25-2)14(8-12)23-18(24)11-27-22-10-13-5-7-16(28-19(20)21)17(9-13)26-3/h4-10,19H,11H2,1-3H3,(H,23,24)/b22-10-. The van der Waals surface area contributed by atoms with Crippen molar-refractivity contribution in [1.82, 2.24) is 0 Å². The van der Waals surface area contributed by atoms with Gasteiger partial charge < -0.3 is 24.4 Å². The molecule has 1 amide bonds. The normalized spacial score (nSPS) is 10.8. The molecule has 0 aliphatic heterocycles. The number of nitrogens with one attached hydrogen (secondary N) is 1. The Morgan fingerprint density at radius 1 is 1.11 bits per heavy atom. The van der Waals surface area contributed by atoms with E-state index in [9.17, 15) is 13.6 Å². The molecule has 9 heteroatoms. The molecule has 0 radical (unpaired) electrons. The number of halogens is 2. The Morgan fingerprint density at radius 3 is 2.50 bits per heavy atom. The Balaban J connectivity index is 1.91. The Labute approximate surface area is 160 Å². The molecule has 2 aromatic rings. The summed E-state index contributed by atoms with van der Waals surface area (Å²) >= 11 is 0. The third-order valence-corrected chi connectivity index (χ3v) is 3.50. The number of carbonyl (C=O) groups excluding carboxylic acids is 1. The minimum Gasteiger partial charge on any atom is -0.495 e. The summed E-state index contributed by atoms with van der Waals surface area (Å²) in [6.45, 7) is -1.39. The zero-order valence-corrected chi connectivity index (χ0v) is 15.6. The fraction of sp³-hybridized carbons (Fsp3) is 0.263. The Kier molecular flexibility index (Phi) is 7.55. The molecule has 0 bridgehead atoms. The van der Waals surface area contributed by atoms with Crippen molar-refractivity contribution in [3.63, 3.8) is 0 Å². The van der Waals surface area contributed by atoms with Crippen LogP contribution in [0.15, 0.2) is 41.6 Å². The summed E-state index contributed by atoms with van der Waals surface area (Å²) in [6.07, 6.45) is 1.31. The van der Waals surface area contributed by atoms with E-state index in [1.807, 2.05) is 13.0 Å². The number of methoxy groups -OCH3 is 2. The average Bonchev–Trinajstić information content (AvgIpc) is 2.66. The van der Waals surface area contributed by atoms with E-state index in [4.69, 9.17) is 14.3 Å². The number of anilines is 1. The molecule has 1 N–H and O–H groups in total. The van der Waals surface area contributed by atoms with Gasteiger partial charge in [0.1, 0.15) is 5.75 Å². The van der Waals surface area contributed by atoms with E-state index in [0.29, 0.717) is 17.0 Å². The van der Waals surface area contributed by atoms with Gasteiger partial charge in [-0.1, -0.05) is 11.2 Å². The number of oxime groups is 1. The first-order valence-corrected chi connectivity index (χ1v) is 8.15. The summed E-state index contributed by atoms with van der Waals surface area (Å²) in [5.74, 6) is 0.135. The van der Waals surface area contributed by atoms with E-state index < -0.39 is 12.5 Å². The summed E-state index contributed by atoms with van der Waals surface area (Å²) in [5.41, 5.74) is 2.00. The highest BCUT2D eigenvalue weighted by Crippen LogP contribution is 2.29. The van der Waals surface area contributed by atoms with Crippen molar-refractivity contribution in [2.75, 3.05) is 26.1 Å². The fourth-order valence-corrected chi connectivity index (χ4v) is 2.26. The monoisotopic (exact) mass is 394 g/mol. The van der Waals surface area contributed by atoms with Crippen molar-refractivity contribution in [3.05, 3.63) is 47.5 Å². The Hall–Kier alpha value is -3.36. The minimum atomic E-state index is -2.96. The van der Waals surface area contributed by atoms with E-state index in [0.717, 1.165) is 5.56 Å². The Morgan fingerprint density at radius 2 is 1.82 bits per heavy atom. The number of ether oxygens (including phenoxy) is 3. The molecule has 0 unspecified atom stereocenters. The smallest absolute Gasteiger partial charge is 0.387 e. The second-order valence-corrected chi connectivity index (χ2v) is 5.55. The lowest BCUT2D eigenvalue weighted by Gasteiger charge is -2.10. The third-order valence-electron chi connectivity index (χ3n) is 3.50. The molecule has 7 nitrogen and oxygen atoms in total. The van der Waals surface area contributed by atoms with E-state index in [2.05, 4.69) is 15.2 Å². The van der Waals surface area contributed by atoms with Crippen LogP contribution in [0.5, 0.6) is 17.2 Å². The highest BCUT2D eigenvalue weighted by molar-refractivity contribution is 5.93. The van der Waals surface area contributed by atoms with Crippen molar-refractivity contribution in [2.24, 2.45) is 5.16 Å². The maximum Gasteiger partial charge on any atom is 0.387 e. The predicted molar refractivity (Wildman–Crippen MR) is 99.5 cm³/mol. The molecule has 0 heterocycles. The van der Waals surface area contributed by atoms with Crippen molar-refractivity contribution >= 4 is 17.8 Å². The van der Waals surface area contributed by atoms with Crippen LogP contribution in [0, 0.1) is 6.92 Å². The molecular weight excluding hydrogens is 374 g/mol. The molecule has 0 saturated carbocycles. The van der Waals surface area contributed by atoms with Crippen LogP contribution < -0.4 is 19.5 Å². The molecule has 2 rings (SSSR count). The average molecular weight is 394 g/mol. The third kappa shape index (κ3) is 6.11. The number of hydrogen-bond donors (Lipinski definition) is 1. The van der Waals surface area contributed by atoms with Crippen molar-refractivity contribution < 1.29 is 32.6 Å². The van der Waals surface area contributed by atoms with E-state index in [1.54, 1.807) is 12.1 Å². The van der Waals surface area contributed by atoms with Gasteiger partial charge in [-0.05, 0) is 42.8 Å². The topological polar surface area (TPSA) is 78.4 Å². The van der Waals surface area contributed by atoms with Crippen LogP contribution in [0.1, 0.15) is 11.1 Å². The van der Waals surface area contributed by atoms with Crippen molar-refractivity contribution in [2.45, 2.75) is 13.5 Å². The van der Waals surface area contributed by atoms with Gasteiger partial charge in [0.2, 0.25) is 0 Å². The van der Waals surface area contributed by atoms with Crippen LogP contribution in [-0.4, -0.2) is 39.6 Å². The van der Waals surface area contributed by atoms with Gasteiger partial charge in [-0.15, -0.1) is 0 Å². The number of amides is 1. The van der Waals surface area contributed by atoms with Gasteiger partial charge in [0.05, 0.1) is 26.1 Å². The lowest BCUT2D eigenvalue weighted by molar-refractivity contribution is -0.120. The van der Waals surface area contributed by atoms with Crippen LogP contribution in [0.4, 0.5) is 14.5 Å². The van der Waals surface area contributed by atoms with Gasteiger partial charge in [0.25, 0.3) is 5.91 Å². The second-order valence-electron chi connectivity index (χ2n) is 5.55. The highest BCUT2D eigenvalue weighted by Gasteiger charge is 2.11. The molecule has 0 fully saturated rings. The molecule has 0 atom stereocenters. The number of rotatable bonds is 9. The zero-order valence-electron chi connectivity index (χ0n) is 15.6. The van der Waals surface area contributed by atoms with Crippen molar-refractivity contribution in [1.29, 1.82) is 0 Å². The van der Waals surface area contributed by atoms with Crippen LogP contribution in [-0.2, 0) is 9.63 Å². The van der Waals surface area contributed by atoms with Crippen molar-refractivity contribution in [3.8, 4) is 17.2 Å². The number of alkyl halides is 2. The van der Waals surface area contributed by atoms with Gasteiger partial charge in [-0.2, -0.15) is 8.78 Å². The summed E-state index contributed by atoms with van der Waals surface area (Å²) < 4.78 is 39.1. The van der Waals surface area contributed by atoms with Gasteiger partial charge in [-0.3, -0.25) is 4.79 Å². The van der Waals surface area contributed by atoms with Gasteiger partial charge in [0.15, 0.2) is 18.1 Å². The molecule has 150 valence electrons. The molecule has 2 aromatic carbocycles. The Bertz CT molecular complexity index is 843. The minimum absolute atomic E-state index is 0.0953. The van der Waals surface area contributed by atoms with E-state index in [-0.39, 0.29) is 18.1 Å². The van der Waals surface area contributed by atoms with Crippen LogP contribution in [0.3, 0.4) is 0 Å². The second kappa shape index (κ2) is 10.1. The summed E-state index contributed by atoms with van der Waals surface area (Å²) in [6, 6.07) is 9.64. The molecule has 0 aliphatic carbocycles. The maximum atomic E-state index is 12.3. The number of aryl methyl sites for hydroxylation is 1. The lowest BCUT2D eigenvalue weighted by Crippen LogP contribution is -2.17.